The molecule has 1 aromatic carbocycles. The van der Waals surface area contributed by atoms with Gasteiger partial charge in [-0.1, -0.05) is 24.9 Å². The van der Waals surface area contributed by atoms with Crippen LogP contribution in [0, 0.1) is 5.82 Å². The van der Waals surface area contributed by atoms with Crippen LogP contribution in [-0.4, -0.2) is 24.2 Å². The molecule has 0 heterocycles. The molecule has 0 aromatic heterocycles. The van der Waals surface area contributed by atoms with Gasteiger partial charge in [-0.05, 0) is 24.6 Å². The summed E-state index contributed by atoms with van der Waals surface area (Å²) in [4.78, 5) is 12.4. The third-order valence-electron chi connectivity index (χ3n) is 2.38. The van der Waals surface area contributed by atoms with Gasteiger partial charge in [-0.15, -0.1) is 0 Å². The van der Waals surface area contributed by atoms with Crippen LogP contribution in [0.15, 0.2) is 18.2 Å². The summed E-state index contributed by atoms with van der Waals surface area (Å²) in [6.45, 7) is 2.53. The number of carboxylic acids is 1. The zero-order chi connectivity index (χ0) is 12.8. The van der Waals surface area contributed by atoms with Gasteiger partial charge in [-0.3, -0.25) is 4.79 Å². The standard InChI is InChI=1S/C12H15ClFNO2/c1-2-3-6-15(8-12(16)17)9-4-5-11(14)10(13)7-9/h4-5,7H,2-3,6,8H2,1H3,(H,16,17). The molecule has 0 unspecified atom stereocenters. The quantitative estimate of drug-likeness (QED) is 0.853. The monoisotopic (exact) mass is 259 g/mol. The molecule has 0 atom stereocenters. The molecule has 0 amide bonds. The van der Waals surface area contributed by atoms with Crippen LogP contribution in [0.5, 0.6) is 0 Å². The topological polar surface area (TPSA) is 40.5 Å². The zero-order valence-electron chi connectivity index (χ0n) is 9.62. The van der Waals surface area contributed by atoms with Gasteiger partial charge in [-0.2, -0.15) is 0 Å². The molecule has 94 valence electrons. The summed E-state index contributed by atoms with van der Waals surface area (Å²) >= 11 is 5.68. The van der Waals surface area contributed by atoms with Gasteiger partial charge in [0.15, 0.2) is 0 Å². The van der Waals surface area contributed by atoms with Crippen molar-refractivity contribution in [2.75, 3.05) is 18.0 Å². The van der Waals surface area contributed by atoms with Gasteiger partial charge in [0.1, 0.15) is 12.4 Å². The van der Waals surface area contributed by atoms with Crippen molar-refractivity contribution < 1.29 is 14.3 Å². The Hall–Kier alpha value is -1.29. The molecule has 0 saturated carbocycles. The van der Waals surface area contributed by atoms with Crippen LogP contribution in [-0.2, 0) is 4.79 Å². The van der Waals surface area contributed by atoms with Gasteiger partial charge in [0, 0.05) is 12.2 Å². The van der Waals surface area contributed by atoms with Crippen molar-refractivity contribution in [2.24, 2.45) is 0 Å². The number of aliphatic carboxylic acids is 1. The Morgan fingerprint density at radius 1 is 1.53 bits per heavy atom. The molecular formula is C12H15ClFNO2. The van der Waals surface area contributed by atoms with E-state index in [1.807, 2.05) is 6.92 Å². The molecule has 1 N–H and O–H groups in total. The fourth-order valence-corrected chi connectivity index (χ4v) is 1.67. The maximum Gasteiger partial charge on any atom is 0.323 e. The summed E-state index contributed by atoms with van der Waals surface area (Å²) in [5.41, 5.74) is 0.632. The molecule has 17 heavy (non-hydrogen) atoms. The Labute approximate surface area is 105 Å². The number of hydrogen-bond donors (Lipinski definition) is 1. The van der Waals surface area contributed by atoms with E-state index in [0.717, 1.165) is 12.8 Å². The number of unbranched alkanes of at least 4 members (excludes halogenated alkanes) is 1. The van der Waals surface area contributed by atoms with E-state index in [-0.39, 0.29) is 11.6 Å². The third kappa shape index (κ3) is 4.23. The predicted octanol–water partition coefficient (Wildman–Crippen LogP) is 3.17. The molecule has 0 aliphatic rings. The molecule has 0 spiro atoms. The second-order valence-corrected chi connectivity index (χ2v) is 4.17. The van der Waals surface area contributed by atoms with Gasteiger partial charge >= 0.3 is 5.97 Å². The smallest absolute Gasteiger partial charge is 0.323 e. The molecule has 0 fully saturated rings. The van der Waals surface area contributed by atoms with Crippen LogP contribution in [0.4, 0.5) is 10.1 Å². The lowest BCUT2D eigenvalue weighted by Gasteiger charge is -2.22. The number of anilines is 1. The van der Waals surface area contributed by atoms with Gasteiger partial charge in [0.2, 0.25) is 0 Å². The number of benzene rings is 1. The van der Waals surface area contributed by atoms with Crippen LogP contribution < -0.4 is 4.90 Å². The van der Waals surface area contributed by atoms with E-state index in [9.17, 15) is 9.18 Å². The minimum atomic E-state index is -0.915. The van der Waals surface area contributed by atoms with Crippen LogP contribution in [0.25, 0.3) is 0 Å². The first kappa shape index (κ1) is 13.8. The summed E-state index contributed by atoms with van der Waals surface area (Å²) in [5.74, 6) is -1.41. The van der Waals surface area contributed by atoms with Crippen molar-refractivity contribution in [3.63, 3.8) is 0 Å². The highest BCUT2D eigenvalue weighted by Crippen LogP contribution is 2.22. The van der Waals surface area contributed by atoms with Crippen LogP contribution in [0.1, 0.15) is 19.8 Å². The molecule has 1 aromatic rings. The fourth-order valence-electron chi connectivity index (χ4n) is 1.49. The average Bonchev–Trinajstić information content (AvgIpc) is 2.27. The molecule has 3 nitrogen and oxygen atoms in total. The lowest BCUT2D eigenvalue weighted by molar-refractivity contribution is -0.135. The van der Waals surface area contributed by atoms with Gasteiger partial charge < -0.3 is 10.0 Å². The number of halogens is 2. The van der Waals surface area contributed by atoms with Crippen LogP contribution in [0.2, 0.25) is 5.02 Å². The minimum absolute atomic E-state index is 0.00869. The highest BCUT2D eigenvalue weighted by atomic mass is 35.5. The number of carbonyl (C=O) groups is 1. The molecule has 1 rings (SSSR count). The summed E-state index contributed by atoms with van der Waals surface area (Å²) in [5, 5.41) is 8.83. The Morgan fingerprint density at radius 2 is 2.24 bits per heavy atom. The van der Waals surface area contributed by atoms with Crippen molar-refractivity contribution in [3.8, 4) is 0 Å². The summed E-state index contributed by atoms with van der Waals surface area (Å²) in [6.07, 6.45) is 1.84. The molecule has 5 heteroatoms. The van der Waals surface area contributed by atoms with Crippen molar-refractivity contribution in [1.82, 2.24) is 0 Å². The van der Waals surface area contributed by atoms with E-state index in [1.165, 1.54) is 12.1 Å². The summed E-state index contributed by atoms with van der Waals surface area (Å²) in [6, 6.07) is 4.24. The highest BCUT2D eigenvalue weighted by Gasteiger charge is 2.11. The minimum Gasteiger partial charge on any atom is -0.480 e. The number of hydrogen-bond acceptors (Lipinski definition) is 2. The molecular weight excluding hydrogens is 245 g/mol. The Balaban J connectivity index is 2.86. The first-order valence-electron chi connectivity index (χ1n) is 5.46. The van der Waals surface area contributed by atoms with E-state index in [0.29, 0.717) is 12.2 Å². The van der Waals surface area contributed by atoms with Crippen molar-refractivity contribution in [2.45, 2.75) is 19.8 Å². The largest absolute Gasteiger partial charge is 0.480 e. The average molecular weight is 260 g/mol. The molecule has 0 saturated heterocycles. The van der Waals surface area contributed by atoms with Crippen LogP contribution >= 0.6 is 11.6 Å². The van der Waals surface area contributed by atoms with Gasteiger partial charge in [-0.25, -0.2) is 4.39 Å². The SMILES string of the molecule is CCCCN(CC(=O)O)c1ccc(F)c(Cl)c1. The summed E-state index contributed by atoms with van der Waals surface area (Å²) in [7, 11) is 0. The lowest BCUT2D eigenvalue weighted by atomic mass is 10.2. The maximum atomic E-state index is 13.0. The lowest BCUT2D eigenvalue weighted by Crippen LogP contribution is -2.30. The van der Waals surface area contributed by atoms with Gasteiger partial charge in [0.05, 0.1) is 5.02 Å². The normalized spacial score (nSPS) is 10.3. The molecule has 0 bridgehead atoms. The van der Waals surface area contributed by atoms with Crippen molar-refractivity contribution >= 4 is 23.3 Å². The highest BCUT2D eigenvalue weighted by molar-refractivity contribution is 6.31. The Morgan fingerprint density at radius 3 is 2.76 bits per heavy atom. The molecule has 0 aliphatic heterocycles. The number of rotatable bonds is 6. The maximum absolute atomic E-state index is 13.0. The summed E-state index contributed by atoms with van der Waals surface area (Å²) < 4.78 is 13.0. The van der Waals surface area contributed by atoms with Gasteiger partial charge in [0.25, 0.3) is 0 Å². The molecule has 0 radical (unpaired) electrons. The predicted molar refractivity (Wildman–Crippen MR) is 66.2 cm³/mol. The van der Waals surface area contributed by atoms with E-state index in [4.69, 9.17) is 16.7 Å². The van der Waals surface area contributed by atoms with E-state index >= 15 is 0 Å². The van der Waals surface area contributed by atoms with E-state index in [2.05, 4.69) is 0 Å². The first-order valence-corrected chi connectivity index (χ1v) is 5.84. The van der Waals surface area contributed by atoms with Crippen molar-refractivity contribution in [3.05, 3.63) is 29.0 Å². The van der Waals surface area contributed by atoms with E-state index in [1.54, 1.807) is 11.0 Å². The first-order chi connectivity index (χ1) is 8.04. The third-order valence-corrected chi connectivity index (χ3v) is 2.67. The van der Waals surface area contributed by atoms with Crippen LogP contribution in [0.3, 0.4) is 0 Å². The second-order valence-electron chi connectivity index (χ2n) is 3.77. The van der Waals surface area contributed by atoms with Crippen molar-refractivity contribution in [1.29, 1.82) is 0 Å². The fraction of sp³-hybridized carbons (Fsp3) is 0.417. The molecule has 0 aliphatic carbocycles. The number of nitrogens with zero attached hydrogens (tertiary/aromatic N) is 1. The second kappa shape index (κ2) is 6.45. The Kier molecular flexibility index (Phi) is 5.22. The number of carboxylic acid groups (broad SMARTS) is 1. The zero-order valence-corrected chi connectivity index (χ0v) is 10.4. The van der Waals surface area contributed by atoms with E-state index < -0.39 is 11.8 Å². The Bertz CT molecular complexity index is 398.